The van der Waals surface area contributed by atoms with Crippen LogP contribution in [-0.2, 0) is 0 Å². The van der Waals surface area contributed by atoms with Gasteiger partial charge in [0.05, 0.1) is 10.5 Å². The molecule has 102 valence electrons. The molecule has 0 spiro atoms. The Hall–Kier alpha value is -1.79. The number of amides is 1. The van der Waals surface area contributed by atoms with E-state index in [9.17, 15) is 4.79 Å². The summed E-state index contributed by atoms with van der Waals surface area (Å²) >= 11 is 9.65. The number of H-pyrrole nitrogens is 1. The summed E-state index contributed by atoms with van der Waals surface area (Å²) < 4.78 is 5.96. The first-order chi connectivity index (χ1) is 9.61. The van der Waals surface area contributed by atoms with E-state index in [4.69, 9.17) is 16.3 Å². The molecule has 3 rings (SSSR count). The monoisotopic (exact) mass is 353 g/mol. The summed E-state index contributed by atoms with van der Waals surface area (Å²) in [7, 11) is 1.49. The summed E-state index contributed by atoms with van der Waals surface area (Å²) in [6.07, 6.45) is 1.13. The Balaban J connectivity index is 2.36. The van der Waals surface area contributed by atoms with Gasteiger partial charge < -0.3 is 15.0 Å². The van der Waals surface area contributed by atoms with Crippen molar-refractivity contribution in [2.75, 3.05) is 7.05 Å². The minimum atomic E-state index is -0.559. The molecule has 3 aromatic rings. The highest BCUT2D eigenvalue weighted by molar-refractivity contribution is 9.10. The minimum Gasteiger partial charge on any atom is -0.408 e. The van der Waals surface area contributed by atoms with E-state index in [-0.39, 0.29) is 0 Å². The smallest absolute Gasteiger partial charge is 0.408 e. The number of halogens is 2. The minimum absolute atomic E-state index is 0.352. The standard InChI is InChI=1S/C13H9BrClN3O2/c1-16-13(19)20-8-5-7(15)10(14)9-6-3-2-4-17-12(6)18-11(8)9/h2-5H,1H3,(H,16,19)(H,17,18). The highest BCUT2D eigenvalue weighted by atomic mass is 79.9. The van der Waals surface area contributed by atoms with Crippen molar-refractivity contribution in [1.29, 1.82) is 0 Å². The third-order valence-electron chi connectivity index (χ3n) is 2.91. The lowest BCUT2D eigenvalue weighted by molar-refractivity contribution is 0.203. The SMILES string of the molecule is CNC(=O)Oc1cc(Cl)c(Br)c2c1[nH]c1ncccc12. The van der Waals surface area contributed by atoms with Crippen LogP contribution in [0.25, 0.3) is 21.9 Å². The predicted molar refractivity (Wildman–Crippen MR) is 81.4 cm³/mol. The molecule has 1 amide bonds. The average molecular weight is 355 g/mol. The summed E-state index contributed by atoms with van der Waals surface area (Å²) in [6, 6.07) is 5.34. The Morgan fingerprint density at radius 2 is 2.35 bits per heavy atom. The van der Waals surface area contributed by atoms with Gasteiger partial charge in [0.2, 0.25) is 0 Å². The Morgan fingerprint density at radius 3 is 3.10 bits per heavy atom. The van der Waals surface area contributed by atoms with E-state index >= 15 is 0 Å². The molecule has 0 aliphatic heterocycles. The van der Waals surface area contributed by atoms with Gasteiger partial charge in [0.15, 0.2) is 5.75 Å². The van der Waals surface area contributed by atoms with Crippen molar-refractivity contribution < 1.29 is 9.53 Å². The van der Waals surface area contributed by atoms with E-state index in [0.717, 1.165) is 15.2 Å². The van der Waals surface area contributed by atoms with Crippen molar-refractivity contribution in [3.8, 4) is 5.75 Å². The summed E-state index contributed by atoms with van der Waals surface area (Å²) in [5, 5.41) is 4.59. The summed E-state index contributed by atoms with van der Waals surface area (Å²) in [5.74, 6) is 0.352. The number of hydrogen-bond donors (Lipinski definition) is 2. The fraction of sp³-hybridized carbons (Fsp3) is 0.0769. The fourth-order valence-electron chi connectivity index (χ4n) is 2.04. The van der Waals surface area contributed by atoms with Gasteiger partial charge in [-0.15, -0.1) is 0 Å². The Labute approximate surface area is 127 Å². The van der Waals surface area contributed by atoms with Crippen LogP contribution >= 0.6 is 27.5 Å². The number of nitrogens with zero attached hydrogens (tertiary/aromatic N) is 1. The molecule has 2 N–H and O–H groups in total. The highest BCUT2D eigenvalue weighted by Crippen LogP contribution is 2.40. The molecule has 7 heteroatoms. The van der Waals surface area contributed by atoms with Gasteiger partial charge in [-0.3, -0.25) is 0 Å². The molecular weight excluding hydrogens is 346 g/mol. The maximum Gasteiger partial charge on any atom is 0.412 e. The normalized spacial score (nSPS) is 10.9. The number of fused-ring (bicyclic) bond motifs is 3. The molecule has 0 saturated heterocycles. The van der Waals surface area contributed by atoms with Gasteiger partial charge in [-0.05, 0) is 28.1 Å². The number of ether oxygens (including phenoxy) is 1. The quantitative estimate of drug-likeness (QED) is 0.697. The van der Waals surface area contributed by atoms with Gasteiger partial charge >= 0.3 is 6.09 Å². The van der Waals surface area contributed by atoms with Gasteiger partial charge in [-0.2, -0.15) is 0 Å². The number of benzene rings is 1. The number of aromatic amines is 1. The Kier molecular flexibility index (Phi) is 3.27. The zero-order valence-electron chi connectivity index (χ0n) is 10.3. The third kappa shape index (κ3) is 2.01. The van der Waals surface area contributed by atoms with Crippen LogP contribution in [0.4, 0.5) is 4.79 Å². The van der Waals surface area contributed by atoms with Crippen LogP contribution in [0.2, 0.25) is 5.02 Å². The molecule has 2 aromatic heterocycles. The third-order valence-corrected chi connectivity index (χ3v) is 4.26. The molecule has 0 bridgehead atoms. The van der Waals surface area contributed by atoms with E-state index < -0.39 is 6.09 Å². The fourth-order valence-corrected chi connectivity index (χ4v) is 2.76. The molecule has 0 fully saturated rings. The van der Waals surface area contributed by atoms with Crippen LogP contribution in [0.1, 0.15) is 0 Å². The lowest BCUT2D eigenvalue weighted by Gasteiger charge is -2.07. The Bertz CT molecular complexity index is 831. The molecule has 5 nitrogen and oxygen atoms in total. The van der Waals surface area contributed by atoms with Crippen LogP contribution in [-0.4, -0.2) is 23.1 Å². The lowest BCUT2D eigenvalue weighted by Crippen LogP contribution is -2.22. The van der Waals surface area contributed by atoms with E-state index in [1.165, 1.54) is 7.05 Å². The van der Waals surface area contributed by atoms with E-state index in [1.807, 2.05) is 12.1 Å². The van der Waals surface area contributed by atoms with Crippen molar-refractivity contribution in [3.63, 3.8) is 0 Å². The second-order valence-corrected chi connectivity index (χ2v) is 5.28. The molecule has 0 aliphatic rings. The maximum atomic E-state index is 11.4. The van der Waals surface area contributed by atoms with Crippen LogP contribution in [0, 0.1) is 0 Å². The molecule has 0 saturated carbocycles. The highest BCUT2D eigenvalue weighted by Gasteiger charge is 2.17. The second kappa shape index (κ2) is 4.96. The number of pyridine rings is 1. The molecule has 0 aliphatic carbocycles. The molecular formula is C13H9BrClN3O2. The topological polar surface area (TPSA) is 67.0 Å². The van der Waals surface area contributed by atoms with Crippen LogP contribution in [0.3, 0.4) is 0 Å². The second-order valence-electron chi connectivity index (χ2n) is 4.08. The number of nitrogens with one attached hydrogen (secondary N) is 2. The number of rotatable bonds is 1. The predicted octanol–water partition coefficient (Wildman–Crippen LogP) is 3.85. The number of carbonyl (C=O) groups is 1. The number of carbonyl (C=O) groups excluding carboxylic acids is 1. The van der Waals surface area contributed by atoms with Crippen LogP contribution in [0.15, 0.2) is 28.9 Å². The van der Waals surface area contributed by atoms with Gasteiger partial charge in [-0.1, -0.05) is 11.6 Å². The van der Waals surface area contributed by atoms with Crippen molar-refractivity contribution in [3.05, 3.63) is 33.9 Å². The van der Waals surface area contributed by atoms with E-state index in [0.29, 0.717) is 21.9 Å². The van der Waals surface area contributed by atoms with Crippen molar-refractivity contribution in [1.82, 2.24) is 15.3 Å². The molecule has 2 heterocycles. The van der Waals surface area contributed by atoms with Gasteiger partial charge in [-0.25, -0.2) is 9.78 Å². The molecule has 20 heavy (non-hydrogen) atoms. The number of aromatic nitrogens is 2. The molecule has 0 atom stereocenters. The van der Waals surface area contributed by atoms with Gasteiger partial charge in [0, 0.05) is 34.6 Å². The first kappa shape index (κ1) is 13.2. The van der Waals surface area contributed by atoms with Gasteiger partial charge in [0.1, 0.15) is 5.65 Å². The lowest BCUT2D eigenvalue weighted by atomic mass is 10.2. The largest absolute Gasteiger partial charge is 0.412 e. The van der Waals surface area contributed by atoms with Crippen molar-refractivity contribution in [2.24, 2.45) is 0 Å². The van der Waals surface area contributed by atoms with E-state index in [2.05, 4.69) is 31.2 Å². The molecule has 1 aromatic carbocycles. The summed E-state index contributed by atoms with van der Waals surface area (Å²) in [4.78, 5) is 18.8. The van der Waals surface area contributed by atoms with Crippen LogP contribution < -0.4 is 10.1 Å². The zero-order chi connectivity index (χ0) is 14.3. The first-order valence-corrected chi connectivity index (χ1v) is 6.93. The van der Waals surface area contributed by atoms with E-state index in [1.54, 1.807) is 12.3 Å². The first-order valence-electron chi connectivity index (χ1n) is 5.75. The maximum absolute atomic E-state index is 11.4. The molecule has 0 radical (unpaired) electrons. The van der Waals surface area contributed by atoms with Crippen molar-refractivity contribution >= 4 is 55.6 Å². The van der Waals surface area contributed by atoms with Gasteiger partial charge in [0.25, 0.3) is 0 Å². The average Bonchev–Trinajstić information content (AvgIpc) is 2.84. The zero-order valence-corrected chi connectivity index (χ0v) is 12.7. The Morgan fingerprint density at radius 1 is 1.55 bits per heavy atom. The summed E-state index contributed by atoms with van der Waals surface area (Å²) in [5.41, 5.74) is 1.37. The van der Waals surface area contributed by atoms with Crippen LogP contribution in [0.5, 0.6) is 5.75 Å². The van der Waals surface area contributed by atoms with Crippen molar-refractivity contribution in [2.45, 2.75) is 0 Å². The molecule has 0 unspecified atom stereocenters. The summed E-state index contributed by atoms with van der Waals surface area (Å²) in [6.45, 7) is 0. The number of hydrogen-bond acceptors (Lipinski definition) is 3.